The topological polar surface area (TPSA) is 17.1 Å². The number of rotatable bonds is 4. The van der Waals surface area contributed by atoms with E-state index in [4.69, 9.17) is 0 Å². The summed E-state index contributed by atoms with van der Waals surface area (Å²) in [5, 5.41) is 1.48. The van der Waals surface area contributed by atoms with E-state index in [1.165, 1.54) is 5.56 Å². The van der Waals surface area contributed by atoms with Crippen LogP contribution in [-0.4, -0.2) is 27.3 Å². The van der Waals surface area contributed by atoms with Crippen LogP contribution in [0.1, 0.15) is 25.8 Å². The Labute approximate surface area is 118 Å². The first-order valence-electron chi connectivity index (χ1n) is 6.50. The van der Waals surface area contributed by atoms with Gasteiger partial charge in [-0.3, -0.25) is 4.79 Å². The smallest absolute Gasteiger partial charge is 0.146 e. The molecule has 0 aliphatic carbocycles. The van der Waals surface area contributed by atoms with Gasteiger partial charge in [0.05, 0.1) is 5.25 Å². The molecular weight excluding hydrogens is 260 g/mol. The Morgan fingerprint density at radius 1 is 1.22 bits per heavy atom. The van der Waals surface area contributed by atoms with E-state index in [-0.39, 0.29) is 5.25 Å². The van der Waals surface area contributed by atoms with Gasteiger partial charge in [-0.1, -0.05) is 44.2 Å². The van der Waals surface area contributed by atoms with Crippen LogP contribution in [0.4, 0.5) is 0 Å². The van der Waals surface area contributed by atoms with E-state index in [1.807, 2.05) is 41.7 Å². The predicted octanol–water partition coefficient (Wildman–Crippen LogP) is 3.81. The Hall–Kier alpha value is -0.410. The van der Waals surface area contributed by atoms with Crippen LogP contribution in [0.5, 0.6) is 0 Å². The molecule has 0 amide bonds. The molecule has 1 heterocycles. The summed E-state index contributed by atoms with van der Waals surface area (Å²) in [6.07, 6.45) is 1.56. The van der Waals surface area contributed by atoms with Crippen molar-refractivity contribution < 1.29 is 4.79 Å². The van der Waals surface area contributed by atoms with Crippen LogP contribution >= 0.6 is 23.5 Å². The third-order valence-corrected chi connectivity index (χ3v) is 6.85. The summed E-state index contributed by atoms with van der Waals surface area (Å²) >= 11 is 3.81. The van der Waals surface area contributed by atoms with Crippen LogP contribution in [0.2, 0.25) is 0 Å². The highest BCUT2D eigenvalue weighted by atomic mass is 32.2. The molecule has 1 fully saturated rings. The van der Waals surface area contributed by atoms with Crippen LogP contribution in [0.3, 0.4) is 0 Å². The zero-order valence-corrected chi connectivity index (χ0v) is 12.6. The summed E-state index contributed by atoms with van der Waals surface area (Å²) in [5.41, 5.74) is 1.26. The summed E-state index contributed by atoms with van der Waals surface area (Å²) in [6, 6.07) is 10.3. The average Bonchev–Trinajstić information content (AvgIpc) is 2.40. The minimum atomic E-state index is 0.213. The number of hydrogen-bond donors (Lipinski definition) is 0. The van der Waals surface area contributed by atoms with Gasteiger partial charge >= 0.3 is 0 Å². The van der Waals surface area contributed by atoms with Crippen molar-refractivity contribution in [1.29, 1.82) is 0 Å². The molecule has 0 saturated carbocycles. The molecule has 1 aromatic rings. The summed E-state index contributed by atoms with van der Waals surface area (Å²) < 4.78 is 0. The first-order valence-corrected chi connectivity index (χ1v) is 8.49. The fraction of sp³-hybridized carbons (Fsp3) is 0.533. The number of hydrogen-bond acceptors (Lipinski definition) is 3. The second kappa shape index (κ2) is 6.67. The molecule has 1 saturated heterocycles. The lowest BCUT2D eigenvalue weighted by molar-refractivity contribution is -0.118. The highest BCUT2D eigenvalue weighted by Gasteiger charge is 2.29. The van der Waals surface area contributed by atoms with Gasteiger partial charge in [0.25, 0.3) is 0 Å². The van der Waals surface area contributed by atoms with Crippen LogP contribution in [0.25, 0.3) is 0 Å². The molecule has 18 heavy (non-hydrogen) atoms. The Balaban J connectivity index is 1.82. The molecule has 98 valence electrons. The SMILES string of the molecule is CC1SCC(C(=O)CCc2ccccc2)SC1C. The van der Waals surface area contributed by atoms with Crippen LogP contribution in [0, 0.1) is 0 Å². The highest BCUT2D eigenvalue weighted by molar-refractivity contribution is 8.08. The lowest BCUT2D eigenvalue weighted by Crippen LogP contribution is -2.31. The number of carbonyl (C=O) groups is 1. The minimum absolute atomic E-state index is 0.213. The standard InChI is InChI=1S/C15H20OS2/c1-11-12(2)18-15(10-17-11)14(16)9-8-13-6-4-3-5-7-13/h3-7,11-12,15H,8-10H2,1-2H3. The van der Waals surface area contributed by atoms with Gasteiger partial charge in [-0.25, -0.2) is 0 Å². The Bertz CT molecular complexity index is 391. The molecule has 1 aliphatic heterocycles. The maximum Gasteiger partial charge on any atom is 0.146 e. The highest BCUT2D eigenvalue weighted by Crippen LogP contribution is 2.36. The van der Waals surface area contributed by atoms with Gasteiger partial charge in [0.15, 0.2) is 0 Å². The number of thioether (sulfide) groups is 2. The number of ketones is 1. The van der Waals surface area contributed by atoms with Crippen molar-refractivity contribution in [1.82, 2.24) is 0 Å². The summed E-state index contributed by atoms with van der Waals surface area (Å²) in [7, 11) is 0. The van der Waals surface area contributed by atoms with Crippen molar-refractivity contribution in [3.05, 3.63) is 35.9 Å². The van der Waals surface area contributed by atoms with Gasteiger partial charge in [-0.15, -0.1) is 11.8 Å². The Kier molecular flexibility index (Phi) is 5.19. The van der Waals surface area contributed by atoms with Gasteiger partial charge in [-0.2, -0.15) is 11.8 Å². The van der Waals surface area contributed by atoms with Crippen LogP contribution in [-0.2, 0) is 11.2 Å². The van der Waals surface area contributed by atoms with E-state index >= 15 is 0 Å². The van der Waals surface area contributed by atoms with Gasteiger partial charge in [0.2, 0.25) is 0 Å². The first kappa shape index (κ1) is 14.0. The third-order valence-electron chi connectivity index (χ3n) is 3.41. The Morgan fingerprint density at radius 3 is 2.61 bits per heavy atom. The first-order chi connectivity index (χ1) is 8.66. The molecule has 3 heteroatoms. The quantitative estimate of drug-likeness (QED) is 0.835. The third kappa shape index (κ3) is 3.79. The van der Waals surface area contributed by atoms with Crippen molar-refractivity contribution in [2.75, 3.05) is 5.75 Å². The number of aryl methyl sites for hydroxylation is 1. The van der Waals surface area contributed by atoms with E-state index in [1.54, 1.807) is 0 Å². The molecule has 1 nitrogen and oxygen atoms in total. The van der Waals surface area contributed by atoms with Gasteiger partial charge in [0, 0.05) is 22.7 Å². The summed E-state index contributed by atoms with van der Waals surface area (Å²) in [5.74, 6) is 1.42. The largest absolute Gasteiger partial charge is 0.298 e. The number of carbonyl (C=O) groups excluding carboxylic acids is 1. The molecule has 2 rings (SSSR count). The monoisotopic (exact) mass is 280 g/mol. The molecule has 1 aromatic carbocycles. The number of Topliss-reactive ketones (excluding diaryl/α,β-unsaturated/α-hetero) is 1. The van der Waals surface area contributed by atoms with E-state index in [0.29, 0.717) is 22.7 Å². The van der Waals surface area contributed by atoms with E-state index < -0.39 is 0 Å². The van der Waals surface area contributed by atoms with Gasteiger partial charge < -0.3 is 0 Å². The lowest BCUT2D eigenvalue weighted by Gasteiger charge is -2.30. The van der Waals surface area contributed by atoms with E-state index in [0.717, 1.165) is 12.2 Å². The molecule has 0 spiro atoms. The van der Waals surface area contributed by atoms with Gasteiger partial charge in [0.1, 0.15) is 5.78 Å². The molecule has 0 aromatic heterocycles. The summed E-state index contributed by atoms with van der Waals surface area (Å²) in [6.45, 7) is 4.49. The van der Waals surface area contributed by atoms with Crippen molar-refractivity contribution >= 4 is 29.3 Å². The zero-order chi connectivity index (χ0) is 13.0. The second-order valence-corrected chi connectivity index (χ2v) is 7.82. The van der Waals surface area contributed by atoms with Crippen LogP contribution in [0.15, 0.2) is 30.3 Å². The van der Waals surface area contributed by atoms with Crippen LogP contribution < -0.4 is 0 Å². The fourth-order valence-corrected chi connectivity index (χ4v) is 4.95. The normalized spacial score (nSPS) is 28.0. The maximum absolute atomic E-state index is 12.2. The van der Waals surface area contributed by atoms with E-state index in [9.17, 15) is 4.79 Å². The second-order valence-electron chi connectivity index (χ2n) is 4.82. The summed E-state index contributed by atoms with van der Waals surface area (Å²) in [4.78, 5) is 12.2. The van der Waals surface area contributed by atoms with Crippen molar-refractivity contribution in [2.24, 2.45) is 0 Å². The minimum Gasteiger partial charge on any atom is -0.298 e. The van der Waals surface area contributed by atoms with Crippen molar-refractivity contribution in [3.8, 4) is 0 Å². The van der Waals surface area contributed by atoms with E-state index in [2.05, 4.69) is 26.0 Å². The molecule has 0 radical (unpaired) electrons. The maximum atomic E-state index is 12.2. The Morgan fingerprint density at radius 2 is 1.94 bits per heavy atom. The molecule has 3 unspecified atom stereocenters. The zero-order valence-electron chi connectivity index (χ0n) is 11.0. The van der Waals surface area contributed by atoms with Crippen molar-refractivity contribution in [2.45, 2.75) is 42.4 Å². The molecule has 0 N–H and O–H groups in total. The average molecular weight is 280 g/mol. The van der Waals surface area contributed by atoms with Gasteiger partial charge in [-0.05, 0) is 12.0 Å². The van der Waals surface area contributed by atoms with Crippen molar-refractivity contribution in [3.63, 3.8) is 0 Å². The fourth-order valence-electron chi connectivity index (χ4n) is 2.03. The molecule has 0 bridgehead atoms. The molecule has 1 aliphatic rings. The number of benzene rings is 1. The molecule has 3 atom stereocenters. The molecular formula is C15H20OS2. The predicted molar refractivity (Wildman–Crippen MR) is 82.5 cm³/mol. The lowest BCUT2D eigenvalue weighted by atomic mass is 10.1.